The topological polar surface area (TPSA) is 38.7 Å². The van der Waals surface area contributed by atoms with Gasteiger partial charge in [-0.1, -0.05) is 6.07 Å². The van der Waals surface area contributed by atoms with Crippen LogP contribution >= 0.6 is 0 Å². The van der Waals surface area contributed by atoms with Gasteiger partial charge in [0.15, 0.2) is 0 Å². The molecule has 2 atom stereocenters. The Hall–Kier alpha value is -1.06. The van der Waals surface area contributed by atoms with Crippen LogP contribution in [0.5, 0.6) is 5.75 Å². The smallest absolute Gasteiger partial charge is 0.148 e. The summed E-state index contributed by atoms with van der Waals surface area (Å²) in [7, 11) is 0. The zero-order chi connectivity index (χ0) is 12.4. The van der Waals surface area contributed by atoms with E-state index in [1.807, 2.05) is 6.07 Å². The molecule has 0 radical (unpaired) electrons. The highest BCUT2D eigenvalue weighted by Gasteiger charge is 2.25. The van der Waals surface area contributed by atoms with Crippen LogP contribution in [0.25, 0.3) is 0 Å². The quantitative estimate of drug-likeness (QED) is 0.871. The van der Waals surface area contributed by atoms with Crippen LogP contribution in [0.1, 0.15) is 30.4 Å². The second-order valence-corrected chi connectivity index (χ2v) is 5.22. The third-order valence-corrected chi connectivity index (χ3v) is 3.88. The molecule has 98 valence electrons. The summed E-state index contributed by atoms with van der Waals surface area (Å²) in [6.07, 6.45) is 4.93. The largest absolute Gasteiger partial charge is 0.485 e. The molecule has 0 saturated carbocycles. The molecule has 18 heavy (non-hydrogen) atoms. The molecule has 3 rings (SSSR count). The van der Waals surface area contributed by atoms with Crippen molar-refractivity contribution in [3.8, 4) is 5.75 Å². The first-order chi connectivity index (χ1) is 8.83. The van der Waals surface area contributed by atoms with Crippen molar-refractivity contribution < 1.29 is 14.6 Å². The van der Waals surface area contributed by atoms with Crippen LogP contribution in [0.15, 0.2) is 18.2 Å². The predicted octanol–water partition coefficient (Wildman–Crippen LogP) is 2.09. The first-order valence-corrected chi connectivity index (χ1v) is 6.87. The predicted molar refractivity (Wildman–Crippen MR) is 68.9 cm³/mol. The minimum atomic E-state index is -0.408. The maximum absolute atomic E-state index is 9.86. The minimum absolute atomic E-state index is 0.222. The van der Waals surface area contributed by atoms with Crippen LogP contribution in [-0.4, -0.2) is 30.5 Å². The van der Waals surface area contributed by atoms with Gasteiger partial charge in [-0.15, -0.1) is 0 Å². The summed E-state index contributed by atoms with van der Waals surface area (Å²) in [4.78, 5) is 0. The fourth-order valence-corrected chi connectivity index (χ4v) is 2.77. The molecule has 0 bridgehead atoms. The normalized spacial score (nSPS) is 27.6. The molecule has 1 aliphatic carbocycles. The lowest BCUT2D eigenvalue weighted by atomic mass is 9.92. The first-order valence-electron chi connectivity index (χ1n) is 6.87. The molecule has 1 fully saturated rings. The Labute approximate surface area is 108 Å². The highest BCUT2D eigenvalue weighted by Crippen LogP contribution is 2.26. The van der Waals surface area contributed by atoms with Crippen molar-refractivity contribution in [2.24, 2.45) is 0 Å². The van der Waals surface area contributed by atoms with E-state index in [4.69, 9.17) is 9.47 Å². The Morgan fingerprint density at radius 2 is 2.00 bits per heavy atom. The molecule has 3 nitrogen and oxygen atoms in total. The number of aliphatic hydroxyl groups is 1. The summed E-state index contributed by atoms with van der Waals surface area (Å²) < 4.78 is 11.2. The van der Waals surface area contributed by atoms with Crippen LogP contribution in [0.2, 0.25) is 0 Å². The highest BCUT2D eigenvalue weighted by molar-refractivity contribution is 5.37. The van der Waals surface area contributed by atoms with Crippen molar-refractivity contribution in [1.82, 2.24) is 0 Å². The van der Waals surface area contributed by atoms with E-state index < -0.39 is 6.10 Å². The van der Waals surface area contributed by atoms with Crippen LogP contribution in [0, 0.1) is 0 Å². The minimum Gasteiger partial charge on any atom is -0.485 e. The Balaban J connectivity index is 1.72. The number of benzene rings is 1. The van der Waals surface area contributed by atoms with Gasteiger partial charge in [-0.3, -0.25) is 0 Å². The van der Waals surface area contributed by atoms with Crippen LogP contribution in [-0.2, 0) is 17.6 Å². The van der Waals surface area contributed by atoms with Gasteiger partial charge >= 0.3 is 0 Å². The number of fused-ring (bicyclic) bond motifs is 1. The molecular weight excluding hydrogens is 228 g/mol. The van der Waals surface area contributed by atoms with Crippen LogP contribution in [0.3, 0.4) is 0 Å². The fourth-order valence-electron chi connectivity index (χ4n) is 2.77. The summed E-state index contributed by atoms with van der Waals surface area (Å²) in [5, 5.41) is 9.86. The average Bonchev–Trinajstić information content (AvgIpc) is 2.41. The van der Waals surface area contributed by atoms with Gasteiger partial charge in [-0.2, -0.15) is 0 Å². The van der Waals surface area contributed by atoms with Crippen molar-refractivity contribution in [2.75, 3.05) is 13.2 Å². The summed E-state index contributed by atoms with van der Waals surface area (Å²) in [6.45, 7) is 1.11. The summed E-state index contributed by atoms with van der Waals surface area (Å²) >= 11 is 0. The van der Waals surface area contributed by atoms with E-state index in [0.29, 0.717) is 19.6 Å². The molecule has 2 aliphatic rings. The standard InChI is InChI=1S/C15H20O3/c16-14-7-8-17-10-15(14)18-13-6-5-11-3-1-2-4-12(11)9-13/h5-6,9,14-16H,1-4,7-8,10H2. The summed E-state index contributed by atoms with van der Waals surface area (Å²) in [6, 6.07) is 6.32. The van der Waals surface area contributed by atoms with Gasteiger partial charge in [0.05, 0.1) is 12.7 Å². The number of aliphatic hydroxyl groups excluding tert-OH is 1. The maximum atomic E-state index is 9.86. The lowest BCUT2D eigenvalue weighted by Gasteiger charge is -2.28. The molecule has 3 heteroatoms. The van der Waals surface area contributed by atoms with Gasteiger partial charge in [-0.25, -0.2) is 0 Å². The molecule has 1 heterocycles. The molecule has 1 N–H and O–H groups in total. The molecule has 1 aromatic rings. The molecule has 1 aromatic carbocycles. The zero-order valence-corrected chi connectivity index (χ0v) is 10.6. The molecule has 0 spiro atoms. The lowest BCUT2D eigenvalue weighted by molar-refractivity contribution is -0.0735. The first kappa shape index (κ1) is 12.0. The maximum Gasteiger partial charge on any atom is 0.148 e. The van der Waals surface area contributed by atoms with E-state index in [-0.39, 0.29) is 6.10 Å². The van der Waals surface area contributed by atoms with E-state index in [1.165, 1.54) is 30.4 Å². The number of hydrogen-bond donors (Lipinski definition) is 1. The number of hydrogen-bond acceptors (Lipinski definition) is 3. The molecule has 1 aliphatic heterocycles. The van der Waals surface area contributed by atoms with E-state index in [1.54, 1.807) is 0 Å². The number of aryl methyl sites for hydroxylation is 2. The van der Waals surface area contributed by atoms with Crippen molar-refractivity contribution >= 4 is 0 Å². The highest BCUT2D eigenvalue weighted by atomic mass is 16.5. The van der Waals surface area contributed by atoms with Crippen molar-refractivity contribution in [1.29, 1.82) is 0 Å². The molecular formula is C15H20O3. The fraction of sp³-hybridized carbons (Fsp3) is 0.600. The lowest BCUT2D eigenvalue weighted by Crippen LogP contribution is -2.40. The van der Waals surface area contributed by atoms with Crippen LogP contribution in [0.4, 0.5) is 0 Å². The van der Waals surface area contributed by atoms with Gasteiger partial charge in [0.1, 0.15) is 11.9 Å². The van der Waals surface area contributed by atoms with Crippen molar-refractivity contribution in [3.05, 3.63) is 29.3 Å². The van der Waals surface area contributed by atoms with Crippen molar-refractivity contribution in [3.63, 3.8) is 0 Å². The second-order valence-electron chi connectivity index (χ2n) is 5.22. The average molecular weight is 248 g/mol. The third kappa shape index (κ3) is 2.52. The van der Waals surface area contributed by atoms with E-state index >= 15 is 0 Å². The molecule has 0 amide bonds. The Kier molecular flexibility index (Phi) is 3.52. The SMILES string of the molecule is OC1CCOCC1Oc1ccc2c(c1)CCCC2. The second kappa shape index (κ2) is 5.29. The molecule has 0 aromatic heterocycles. The van der Waals surface area contributed by atoms with Gasteiger partial charge < -0.3 is 14.6 Å². The Morgan fingerprint density at radius 1 is 1.17 bits per heavy atom. The Bertz CT molecular complexity index is 416. The van der Waals surface area contributed by atoms with Gasteiger partial charge in [0.2, 0.25) is 0 Å². The third-order valence-electron chi connectivity index (χ3n) is 3.88. The molecule has 1 saturated heterocycles. The van der Waals surface area contributed by atoms with Crippen molar-refractivity contribution in [2.45, 2.75) is 44.3 Å². The zero-order valence-electron chi connectivity index (χ0n) is 10.6. The Morgan fingerprint density at radius 3 is 2.83 bits per heavy atom. The monoisotopic (exact) mass is 248 g/mol. The number of rotatable bonds is 2. The van der Waals surface area contributed by atoms with E-state index in [9.17, 15) is 5.11 Å². The van der Waals surface area contributed by atoms with Gasteiger partial charge in [0.25, 0.3) is 0 Å². The summed E-state index contributed by atoms with van der Waals surface area (Å²) in [5.41, 5.74) is 2.86. The van der Waals surface area contributed by atoms with Crippen LogP contribution < -0.4 is 4.74 Å². The van der Waals surface area contributed by atoms with Gasteiger partial charge in [0, 0.05) is 13.0 Å². The molecule has 2 unspecified atom stereocenters. The van der Waals surface area contributed by atoms with E-state index in [0.717, 1.165) is 12.2 Å². The summed E-state index contributed by atoms with van der Waals surface area (Å²) in [5.74, 6) is 0.866. The van der Waals surface area contributed by atoms with Gasteiger partial charge in [-0.05, 0) is 48.9 Å². The van der Waals surface area contributed by atoms with E-state index in [2.05, 4.69) is 12.1 Å². The number of ether oxygens (including phenoxy) is 2.